The van der Waals surface area contributed by atoms with Crippen molar-refractivity contribution in [3.05, 3.63) is 156 Å². The van der Waals surface area contributed by atoms with Crippen molar-refractivity contribution in [3.63, 3.8) is 0 Å². The first kappa shape index (κ1) is 96.0. The second-order valence-electron chi connectivity index (χ2n) is 24.9. The van der Waals surface area contributed by atoms with E-state index in [0.717, 1.165) is 123 Å². The average Bonchev–Trinajstić information content (AvgIpc) is 0.800. The van der Waals surface area contributed by atoms with Gasteiger partial charge in [-0.1, -0.05) is 106 Å². The van der Waals surface area contributed by atoms with E-state index in [1.54, 1.807) is 141 Å². The molecule has 4 unspecified atom stereocenters. The number of hydrogen-bond donors (Lipinski definition) is 0. The molecule has 580 valence electrons. The van der Waals surface area contributed by atoms with Crippen molar-refractivity contribution in [2.45, 2.75) is 130 Å². The van der Waals surface area contributed by atoms with Crippen LogP contribution in [0.15, 0.2) is 173 Å². The van der Waals surface area contributed by atoms with Crippen LogP contribution in [-0.4, -0.2) is 101 Å². The van der Waals surface area contributed by atoms with E-state index in [1.807, 2.05) is 48.5 Å². The van der Waals surface area contributed by atoms with Crippen molar-refractivity contribution in [3.8, 4) is 67.3 Å². The summed E-state index contributed by atoms with van der Waals surface area (Å²) in [7, 11) is 0. The van der Waals surface area contributed by atoms with Crippen LogP contribution in [0.1, 0.15) is 126 Å². The van der Waals surface area contributed by atoms with E-state index in [9.17, 15) is 38.4 Å². The summed E-state index contributed by atoms with van der Waals surface area (Å²) in [5.41, 5.74) is 5.63. The first-order valence-electron chi connectivity index (χ1n) is 34.6. The van der Waals surface area contributed by atoms with Gasteiger partial charge in [0.1, 0.15) is 49.8 Å². The van der Waals surface area contributed by atoms with E-state index in [2.05, 4.69) is 79.7 Å². The highest BCUT2D eigenvalue weighted by molar-refractivity contribution is 5.97. The van der Waals surface area contributed by atoms with Gasteiger partial charge in [0.25, 0.3) is 50.0 Å². The van der Waals surface area contributed by atoms with Gasteiger partial charge in [-0.05, 0) is 183 Å². The Bertz CT molecular complexity index is 4610. The molecule has 4 atom stereocenters. The second-order valence-corrected chi connectivity index (χ2v) is 24.9. The third kappa shape index (κ3) is 46.6. The molecule has 0 heterocycles. The van der Waals surface area contributed by atoms with Gasteiger partial charge in [0, 0.05) is 10.8 Å². The normalized spacial score (nSPS) is 14.1. The summed E-state index contributed by atoms with van der Waals surface area (Å²) in [5.74, 6) is 2.32. The monoisotopic (exact) mass is 1530 g/mol. The molecule has 2 aliphatic carbocycles. The van der Waals surface area contributed by atoms with E-state index in [1.165, 1.54) is 42.7 Å². The zero-order valence-electron chi connectivity index (χ0n) is 62.4. The number of fused-ring (bicyclic) bond motifs is 1. The molecule has 2 aliphatic rings. The lowest BCUT2D eigenvalue weighted by molar-refractivity contribution is -0.00682. The molecule has 8 rings (SSSR count). The quantitative estimate of drug-likeness (QED) is 0.0169. The Morgan fingerprint density at radius 2 is 0.938 bits per heavy atom. The molecule has 0 aromatic heterocycles. The third-order valence-electron chi connectivity index (χ3n) is 15.7. The molecule has 0 spiro atoms. The Kier molecular flexibility index (Phi) is 53.6. The maximum Gasteiger partial charge on any atom is 0.292 e. The predicted molar refractivity (Wildman–Crippen MR) is 403 cm³/mol. The number of nitrogens with zero attached hydrogens (tertiary/aromatic N) is 16. The summed E-state index contributed by atoms with van der Waals surface area (Å²) >= 11 is 0. The molecule has 0 saturated heterocycles. The van der Waals surface area contributed by atoms with Gasteiger partial charge >= 0.3 is 0 Å². The average molecular weight is 1530 g/mol. The number of ether oxygens (including phenoxy) is 8. The SMILES string of the molecule is CC1(C)CC(OC#N)CC(C)(CN=C=O)C1.N#COCC1CCCC(CN=C=O)C1.N#COCCCCCCN=C=O.N#COCCCCN=C=O.N#COCc1cccc(CN=C=O)c1.N#COc1ccc(Cc2ccc(N=C=O)cc2)cc1.N#COc1ccc(N=C=O)cc1.N#COc1cccc2c(N=C=O)cccc12. The standard InChI is InChI=1S/C15H10N2O2.C12H6N2O2.C12H18N2O2.C10H14N2O2.C10H8N2O2.C8H4N2O2.C8H12N2O2.C6H8N2O2/c16-10-19-15-7-3-13(4-8-15)9-12-1-5-14(6-2-12)17-11-18;13-7-16-12-6-2-3-9-10(12)4-1-5-11(9)14-8-15;1-11(2)4-10(16-8-13)5-12(3,6-11)7-14-9-15;2*11-7-14-6-10-3-1-2-9(4-10)5-12-8-13;9-5-12-8-3-1-7(2-4-8)10-6-11;9-7-12-6-4-2-1-3-5-10-8-11;7-5-10-4-2-1-3-8-6-9/h1-8H,9H2;1-6H;10H,4-7H2,1-3H3;9-10H,1-6H2;1-4H,5-6H2;1-4H;1-6H2;1-4H2. The molecule has 0 aliphatic heterocycles. The number of rotatable bonds is 31. The van der Waals surface area contributed by atoms with Gasteiger partial charge in [-0.3, -0.25) is 0 Å². The van der Waals surface area contributed by atoms with E-state index >= 15 is 0 Å². The van der Waals surface area contributed by atoms with E-state index in [-0.39, 0.29) is 23.5 Å². The Hall–Kier alpha value is -15.1. The molecule has 32 heteroatoms. The molecule has 0 amide bonds. The van der Waals surface area contributed by atoms with Gasteiger partial charge in [0.05, 0.1) is 49.8 Å². The van der Waals surface area contributed by atoms with E-state index < -0.39 is 0 Å². The van der Waals surface area contributed by atoms with Crippen LogP contribution in [0, 0.1) is 115 Å². The molecule has 113 heavy (non-hydrogen) atoms. The van der Waals surface area contributed by atoms with Crippen LogP contribution in [-0.2, 0) is 81.6 Å². The first-order valence-corrected chi connectivity index (χ1v) is 34.6. The number of nitriles is 8. The zero-order chi connectivity index (χ0) is 83.1. The van der Waals surface area contributed by atoms with Gasteiger partial charge in [0.15, 0.2) is 0 Å². The summed E-state index contributed by atoms with van der Waals surface area (Å²) in [6, 6.07) is 38.7. The highest BCUT2D eigenvalue weighted by Crippen LogP contribution is 2.47. The van der Waals surface area contributed by atoms with E-state index in [0.29, 0.717) is 98.7 Å². The fourth-order valence-electron chi connectivity index (χ4n) is 11.4. The molecular weight excluding hydrogens is 1450 g/mol. The summed E-state index contributed by atoms with van der Waals surface area (Å²) in [6.07, 6.45) is 38.0. The number of benzene rings is 6. The molecule has 2 fully saturated rings. The highest BCUT2D eigenvalue weighted by atomic mass is 16.5. The number of aliphatic imine (C=N–C) groups is 8. The minimum atomic E-state index is -0.0688. The lowest BCUT2D eigenvalue weighted by Crippen LogP contribution is -2.40. The van der Waals surface area contributed by atoms with Crippen LogP contribution in [0.3, 0.4) is 0 Å². The van der Waals surface area contributed by atoms with Gasteiger partial charge < -0.3 is 37.9 Å². The predicted octanol–water partition coefficient (Wildman–Crippen LogP) is 14.8. The lowest BCUT2D eigenvalue weighted by atomic mass is 9.63. The van der Waals surface area contributed by atoms with Crippen molar-refractivity contribution >= 4 is 76.5 Å². The summed E-state index contributed by atoms with van der Waals surface area (Å²) in [6.45, 7) is 10.4. The maximum absolute atomic E-state index is 10.3. The van der Waals surface area contributed by atoms with Crippen LogP contribution in [0.5, 0.6) is 17.2 Å². The van der Waals surface area contributed by atoms with Gasteiger partial charge in [-0.2, -0.15) is 41.3 Å². The third-order valence-corrected chi connectivity index (χ3v) is 15.7. The summed E-state index contributed by atoms with van der Waals surface area (Å²) in [5, 5.41) is 67.5. The Balaban J connectivity index is 0.000000650. The topological polar surface area (TPSA) is 500 Å². The molecule has 0 bridgehead atoms. The molecule has 2 saturated carbocycles. The first-order chi connectivity index (χ1) is 55.0. The van der Waals surface area contributed by atoms with Gasteiger partial charge in [-0.15, -0.1) is 15.8 Å². The van der Waals surface area contributed by atoms with Crippen molar-refractivity contribution < 1.29 is 76.3 Å². The molecule has 0 radical (unpaired) electrons. The van der Waals surface area contributed by atoms with Crippen LogP contribution < -0.4 is 14.2 Å². The minimum absolute atomic E-state index is 0.0550. The van der Waals surface area contributed by atoms with E-state index in [4.69, 9.17) is 61.0 Å². The maximum atomic E-state index is 10.3. The number of isocyanates is 8. The number of unbranched alkanes of at least 4 members (excludes halogenated alkanes) is 4. The van der Waals surface area contributed by atoms with Crippen LogP contribution in [0.25, 0.3) is 10.8 Å². The van der Waals surface area contributed by atoms with Crippen molar-refractivity contribution in [1.29, 1.82) is 42.1 Å². The van der Waals surface area contributed by atoms with Gasteiger partial charge in [-0.25, -0.2) is 63.3 Å². The Morgan fingerprint density at radius 3 is 1.50 bits per heavy atom. The second kappa shape index (κ2) is 63.1. The Morgan fingerprint density at radius 1 is 0.434 bits per heavy atom. The van der Waals surface area contributed by atoms with Crippen LogP contribution in [0.2, 0.25) is 0 Å². The van der Waals surface area contributed by atoms with Gasteiger partial charge in [0.2, 0.25) is 48.6 Å². The van der Waals surface area contributed by atoms with Crippen molar-refractivity contribution in [2.24, 2.45) is 62.6 Å². The zero-order valence-corrected chi connectivity index (χ0v) is 62.4. The van der Waals surface area contributed by atoms with Crippen LogP contribution >= 0.6 is 0 Å². The molecule has 6 aromatic rings. The Labute approximate surface area is 653 Å². The minimum Gasteiger partial charge on any atom is -0.428 e. The molecule has 0 N–H and O–H groups in total. The fourth-order valence-corrected chi connectivity index (χ4v) is 11.4. The van der Waals surface area contributed by atoms with Crippen molar-refractivity contribution in [1.82, 2.24) is 0 Å². The summed E-state index contributed by atoms with van der Waals surface area (Å²) in [4.78, 5) is 107. The summed E-state index contributed by atoms with van der Waals surface area (Å²) < 4.78 is 37.3. The number of hydrogen-bond acceptors (Lipinski definition) is 32. The molecule has 6 aromatic carbocycles. The lowest BCUT2D eigenvalue weighted by Gasteiger charge is -2.44. The van der Waals surface area contributed by atoms with Crippen molar-refractivity contribution in [2.75, 3.05) is 46.0 Å². The molecular formula is C81H80N16O16. The fraction of sp³-hybridized carbons (Fsp3) is 0.383. The smallest absolute Gasteiger partial charge is 0.292 e. The van der Waals surface area contributed by atoms with Crippen LogP contribution in [0.4, 0.5) is 17.1 Å². The highest BCUT2D eigenvalue weighted by Gasteiger charge is 2.42. The largest absolute Gasteiger partial charge is 0.428 e. The number of carbonyl (C=O) groups excluding carboxylic acids is 8. The molecule has 32 nitrogen and oxygen atoms in total.